The molecule has 0 spiro atoms. The summed E-state index contributed by atoms with van der Waals surface area (Å²) in [6, 6.07) is 1.89. The fraction of sp³-hybridized carbons (Fsp3) is 0.625. The van der Waals surface area contributed by atoms with Crippen molar-refractivity contribution in [3.63, 3.8) is 0 Å². The lowest BCUT2D eigenvalue weighted by molar-refractivity contribution is 0.409. The SMILES string of the molecule is NC1(CCc2ccon2)CC1. The first-order valence-corrected chi connectivity index (χ1v) is 3.97. The Kier molecular flexibility index (Phi) is 1.46. The lowest BCUT2D eigenvalue weighted by Gasteiger charge is -2.04. The van der Waals surface area contributed by atoms with Crippen LogP contribution in [0.3, 0.4) is 0 Å². The van der Waals surface area contributed by atoms with Gasteiger partial charge in [0.1, 0.15) is 6.26 Å². The summed E-state index contributed by atoms with van der Waals surface area (Å²) < 4.78 is 4.71. The molecular weight excluding hydrogens is 140 g/mol. The Morgan fingerprint density at radius 3 is 3.00 bits per heavy atom. The molecule has 0 bridgehead atoms. The quantitative estimate of drug-likeness (QED) is 0.705. The predicted octanol–water partition coefficient (Wildman–Crippen LogP) is 1.10. The van der Waals surface area contributed by atoms with Gasteiger partial charge in [-0.25, -0.2) is 0 Å². The molecule has 0 aromatic carbocycles. The molecular formula is C8H12N2O. The van der Waals surface area contributed by atoms with Crippen LogP contribution in [0.2, 0.25) is 0 Å². The van der Waals surface area contributed by atoms with Crippen LogP contribution < -0.4 is 5.73 Å². The monoisotopic (exact) mass is 152 g/mol. The highest BCUT2D eigenvalue weighted by Crippen LogP contribution is 2.36. The first kappa shape index (κ1) is 6.85. The maximum absolute atomic E-state index is 5.90. The summed E-state index contributed by atoms with van der Waals surface area (Å²) in [4.78, 5) is 0. The third-order valence-electron chi connectivity index (χ3n) is 2.26. The number of aryl methyl sites for hydroxylation is 1. The van der Waals surface area contributed by atoms with Gasteiger partial charge >= 0.3 is 0 Å². The van der Waals surface area contributed by atoms with E-state index in [0.717, 1.165) is 18.5 Å². The minimum atomic E-state index is 0.138. The molecule has 3 nitrogen and oxygen atoms in total. The molecule has 0 saturated heterocycles. The van der Waals surface area contributed by atoms with Gasteiger partial charge in [0, 0.05) is 11.6 Å². The highest BCUT2D eigenvalue weighted by atomic mass is 16.5. The number of nitrogens with zero attached hydrogens (tertiary/aromatic N) is 1. The van der Waals surface area contributed by atoms with Crippen LogP contribution in [0.15, 0.2) is 16.9 Å². The van der Waals surface area contributed by atoms with Crippen molar-refractivity contribution in [2.45, 2.75) is 31.2 Å². The van der Waals surface area contributed by atoms with Crippen molar-refractivity contribution in [3.8, 4) is 0 Å². The molecule has 1 aliphatic rings. The van der Waals surface area contributed by atoms with Gasteiger partial charge in [-0.05, 0) is 25.7 Å². The van der Waals surface area contributed by atoms with Crippen LogP contribution in [0.4, 0.5) is 0 Å². The van der Waals surface area contributed by atoms with Gasteiger partial charge in [0.05, 0.1) is 5.69 Å². The fourth-order valence-corrected chi connectivity index (χ4v) is 1.15. The van der Waals surface area contributed by atoms with E-state index in [1.165, 1.54) is 12.8 Å². The maximum Gasteiger partial charge on any atom is 0.124 e. The summed E-state index contributed by atoms with van der Waals surface area (Å²) in [5, 5.41) is 3.82. The molecule has 1 aromatic rings. The topological polar surface area (TPSA) is 52.0 Å². The summed E-state index contributed by atoms with van der Waals surface area (Å²) in [7, 11) is 0. The van der Waals surface area contributed by atoms with E-state index in [1.54, 1.807) is 6.26 Å². The normalized spacial score (nSPS) is 20.1. The van der Waals surface area contributed by atoms with Crippen LogP contribution in [0.25, 0.3) is 0 Å². The number of hydrogen-bond donors (Lipinski definition) is 1. The van der Waals surface area contributed by atoms with Crippen molar-refractivity contribution < 1.29 is 4.52 Å². The van der Waals surface area contributed by atoms with Crippen molar-refractivity contribution in [2.75, 3.05) is 0 Å². The van der Waals surface area contributed by atoms with Crippen LogP contribution in [0, 0.1) is 0 Å². The van der Waals surface area contributed by atoms with Crippen LogP contribution in [0.5, 0.6) is 0 Å². The van der Waals surface area contributed by atoms with Gasteiger partial charge in [-0.15, -0.1) is 0 Å². The molecule has 2 N–H and O–H groups in total. The Morgan fingerprint density at radius 1 is 1.64 bits per heavy atom. The predicted molar refractivity (Wildman–Crippen MR) is 41.0 cm³/mol. The smallest absolute Gasteiger partial charge is 0.124 e. The highest BCUT2D eigenvalue weighted by molar-refractivity contribution is 5.03. The Labute approximate surface area is 65.6 Å². The number of nitrogens with two attached hydrogens (primary N) is 1. The first-order valence-electron chi connectivity index (χ1n) is 3.97. The molecule has 0 amide bonds. The summed E-state index contributed by atoms with van der Waals surface area (Å²) >= 11 is 0. The zero-order valence-electron chi connectivity index (χ0n) is 6.42. The molecule has 0 aliphatic heterocycles. The Hall–Kier alpha value is -0.830. The van der Waals surface area contributed by atoms with E-state index in [-0.39, 0.29) is 5.54 Å². The third-order valence-corrected chi connectivity index (χ3v) is 2.26. The molecule has 0 atom stereocenters. The maximum atomic E-state index is 5.90. The van der Waals surface area contributed by atoms with Crippen LogP contribution in [-0.4, -0.2) is 10.7 Å². The van der Waals surface area contributed by atoms with E-state index >= 15 is 0 Å². The molecule has 1 saturated carbocycles. The minimum Gasteiger partial charge on any atom is -0.365 e. The number of aromatic nitrogens is 1. The van der Waals surface area contributed by atoms with E-state index in [1.807, 2.05) is 6.07 Å². The number of rotatable bonds is 3. The van der Waals surface area contributed by atoms with E-state index in [4.69, 9.17) is 10.3 Å². The molecule has 0 unspecified atom stereocenters. The van der Waals surface area contributed by atoms with Crippen molar-refractivity contribution in [3.05, 3.63) is 18.0 Å². The molecule has 1 heterocycles. The molecule has 1 fully saturated rings. The van der Waals surface area contributed by atoms with E-state index in [2.05, 4.69) is 5.16 Å². The zero-order valence-corrected chi connectivity index (χ0v) is 6.42. The Bertz CT molecular complexity index is 226. The van der Waals surface area contributed by atoms with Gasteiger partial charge < -0.3 is 10.3 Å². The van der Waals surface area contributed by atoms with E-state index < -0.39 is 0 Å². The molecule has 0 radical (unpaired) electrons. The van der Waals surface area contributed by atoms with Gasteiger partial charge in [0.25, 0.3) is 0 Å². The minimum absolute atomic E-state index is 0.138. The van der Waals surface area contributed by atoms with E-state index in [0.29, 0.717) is 0 Å². The van der Waals surface area contributed by atoms with Gasteiger partial charge in [0.2, 0.25) is 0 Å². The second-order valence-corrected chi connectivity index (χ2v) is 3.35. The van der Waals surface area contributed by atoms with Crippen molar-refractivity contribution >= 4 is 0 Å². The lowest BCUT2D eigenvalue weighted by atomic mass is 10.1. The van der Waals surface area contributed by atoms with Gasteiger partial charge in [0.15, 0.2) is 0 Å². The van der Waals surface area contributed by atoms with Crippen molar-refractivity contribution in [1.82, 2.24) is 5.16 Å². The standard InChI is InChI=1S/C8H12N2O/c9-8(4-5-8)3-1-7-2-6-11-10-7/h2,6H,1,3-5,9H2. The van der Waals surface area contributed by atoms with Gasteiger partial charge in [-0.1, -0.05) is 5.16 Å². The average Bonchev–Trinajstić information content (AvgIpc) is 2.53. The van der Waals surface area contributed by atoms with Crippen LogP contribution in [0.1, 0.15) is 25.0 Å². The summed E-state index contributed by atoms with van der Waals surface area (Å²) in [5.74, 6) is 0. The Balaban J connectivity index is 1.83. The lowest BCUT2D eigenvalue weighted by Crippen LogP contribution is -2.22. The summed E-state index contributed by atoms with van der Waals surface area (Å²) in [5.41, 5.74) is 7.06. The fourth-order valence-electron chi connectivity index (χ4n) is 1.15. The van der Waals surface area contributed by atoms with Crippen LogP contribution in [-0.2, 0) is 6.42 Å². The second-order valence-electron chi connectivity index (χ2n) is 3.35. The number of hydrogen-bond acceptors (Lipinski definition) is 3. The molecule has 11 heavy (non-hydrogen) atoms. The molecule has 1 aliphatic carbocycles. The third kappa shape index (κ3) is 1.60. The summed E-state index contributed by atoms with van der Waals surface area (Å²) in [6.07, 6.45) is 5.94. The second kappa shape index (κ2) is 2.34. The molecule has 3 heteroatoms. The van der Waals surface area contributed by atoms with Crippen molar-refractivity contribution in [2.24, 2.45) is 5.73 Å². The highest BCUT2D eigenvalue weighted by Gasteiger charge is 2.37. The Morgan fingerprint density at radius 2 is 2.45 bits per heavy atom. The van der Waals surface area contributed by atoms with Crippen LogP contribution >= 0.6 is 0 Å². The molecule has 1 aromatic heterocycles. The van der Waals surface area contributed by atoms with Crippen molar-refractivity contribution in [1.29, 1.82) is 0 Å². The largest absolute Gasteiger partial charge is 0.365 e. The van der Waals surface area contributed by atoms with E-state index in [9.17, 15) is 0 Å². The zero-order chi connectivity index (χ0) is 7.73. The van der Waals surface area contributed by atoms with Gasteiger partial charge in [-0.2, -0.15) is 0 Å². The summed E-state index contributed by atoms with van der Waals surface area (Å²) in [6.45, 7) is 0. The molecule has 2 rings (SSSR count). The molecule has 60 valence electrons. The first-order chi connectivity index (χ1) is 5.29. The van der Waals surface area contributed by atoms with Gasteiger partial charge in [-0.3, -0.25) is 0 Å². The average molecular weight is 152 g/mol.